The normalized spacial score (nSPS) is 9.69. The molecule has 0 aliphatic rings. The summed E-state index contributed by atoms with van der Waals surface area (Å²) in [6.45, 7) is 0. The summed E-state index contributed by atoms with van der Waals surface area (Å²) in [6.07, 6.45) is 2.19. The molecule has 2 rings (SSSR count). The van der Waals surface area contributed by atoms with Crippen LogP contribution in [0.5, 0.6) is 0 Å². The number of carbonyl (C=O) groups excluding carboxylic acids is 1. The fourth-order valence-corrected chi connectivity index (χ4v) is 2.56. The van der Waals surface area contributed by atoms with Crippen LogP contribution in [0.1, 0.15) is 15.9 Å². The number of benzene rings is 1. The van der Waals surface area contributed by atoms with Gasteiger partial charge in [0.15, 0.2) is 4.34 Å². The van der Waals surface area contributed by atoms with Crippen LogP contribution in [-0.2, 0) is 0 Å². The summed E-state index contributed by atoms with van der Waals surface area (Å²) in [4.78, 5) is 15.4. The first kappa shape index (κ1) is 10.8. The molecule has 0 fully saturated rings. The molecule has 0 saturated heterocycles. The van der Waals surface area contributed by atoms with E-state index < -0.39 is 0 Å². The van der Waals surface area contributed by atoms with Gasteiger partial charge in [-0.1, -0.05) is 17.8 Å². The Hall–Kier alpha value is -1.71. The summed E-state index contributed by atoms with van der Waals surface area (Å²) >= 11 is 2.64. The molecular weight excluding hydrogens is 242 g/mol. The van der Waals surface area contributed by atoms with E-state index in [4.69, 9.17) is 5.26 Å². The molecule has 0 unspecified atom stereocenters. The molecule has 0 amide bonds. The number of nitriles is 1. The first-order valence-corrected chi connectivity index (χ1v) is 5.86. The second-order valence-corrected chi connectivity index (χ2v) is 4.86. The third-order valence-electron chi connectivity index (χ3n) is 1.80. The van der Waals surface area contributed by atoms with Gasteiger partial charge >= 0.3 is 0 Å². The monoisotopic (exact) mass is 247 g/mol. The van der Waals surface area contributed by atoms with E-state index in [0.717, 1.165) is 15.5 Å². The second-order valence-electron chi connectivity index (χ2n) is 2.79. The molecular formula is C10H5N3OS2. The third-order valence-corrected chi connectivity index (χ3v) is 3.59. The van der Waals surface area contributed by atoms with Gasteiger partial charge in [-0.2, -0.15) is 9.64 Å². The minimum atomic E-state index is 0.477. The van der Waals surface area contributed by atoms with Crippen molar-refractivity contribution in [3.05, 3.63) is 35.7 Å². The van der Waals surface area contributed by atoms with Crippen molar-refractivity contribution < 1.29 is 4.79 Å². The van der Waals surface area contributed by atoms with Crippen LogP contribution in [-0.4, -0.2) is 15.6 Å². The number of hydrogen-bond acceptors (Lipinski definition) is 6. The van der Waals surface area contributed by atoms with Crippen molar-refractivity contribution in [2.45, 2.75) is 9.24 Å². The van der Waals surface area contributed by atoms with Crippen molar-refractivity contribution in [2.24, 2.45) is 0 Å². The van der Waals surface area contributed by atoms with Gasteiger partial charge in [-0.3, -0.25) is 4.79 Å². The van der Waals surface area contributed by atoms with Crippen LogP contribution in [0.15, 0.2) is 33.8 Å². The number of aromatic nitrogens is 2. The van der Waals surface area contributed by atoms with Crippen molar-refractivity contribution in [3.8, 4) is 6.07 Å². The molecule has 6 heteroatoms. The van der Waals surface area contributed by atoms with Gasteiger partial charge < -0.3 is 0 Å². The van der Waals surface area contributed by atoms with Crippen molar-refractivity contribution in [1.82, 2.24) is 9.36 Å². The second kappa shape index (κ2) is 4.88. The Labute approximate surface area is 100 Å². The molecule has 0 bridgehead atoms. The van der Waals surface area contributed by atoms with E-state index in [9.17, 15) is 4.79 Å². The van der Waals surface area contributed by atoms with Gasteiger partial charge in [0.1, 0.15) is 18.7 Å². The van der Waals surface area contributed by atoms with Crippen LogP contribution in [0.25, 0.3) is 0 Å². The molecule has 0 radical (unpaired) electrons. The highest BCUT2D eigenvalue weighted by molar-refractivity contribution is 8.01. The van der Waals surface area contributed by atoms with E-state index in [0.29, 0.717) is 11.1 Å². The quantitative estimate of drug-likeness (QED) is 0.779. The predicted molar refractivity (Wildman–Crippen MR) is 60.6 cm³/mol. The minimum absolute atomic E-state index is 0.477. The summed E-state index contributed by atoms with van der Waals surface area (Å²) in [5.41, 5.74) is 0.975. The largest absolute Gasteiger partial charge is 0.298 e. The Morgan fingerprint density at radius 3 is 3.00 bits per heavy atom. The van der Waals surface area contributed by atoms with E-state index in [1.807, 2.05) is 0 Å². The molecule has 2 aromatic rings. The zero-order chi connectivity index (χ0) is 11.4. The number of rotatable bonds is 3. The highest BCUT2D eigenvalue weighted by atomic mass is 32.2. The fourth-order valence-electron chi connectivity index (χ4n) is 1.10. The van der Waals surface area contributed by atoms with Crippen LogP contribution in [0.2, 0.25) is 0 Å². The maximum Gasteiger partial charge on any atom is 0.174 e. The Bertz CT molecular complexity index is 546. The van der Waals surface area contributed by atoms with Gasteiger partial charge in [0, 0.05) is 10.5 Å². The van der Waals surface area contributed by atoms with Crippen LogP contribution in [0.4, 0.5) is 0 Å². The molecule has 4 nitrogen and oxygen atoms in total. The Morgan fingerprint density at radius 2 is 2.38 bits per heavy atom. The standard InChI is InChI=1S/C10H5N3OS2/c11-4-8-3-7(5-14)1-2-9(8)15-10-12-6-13-16-10/h1-3,5-6H. The molecule has 16 heavy (non-hydrogen) atoms. The van der Waals surface area contributed by atoms with Gasteiger partial charge in [-0.15, -0.1) is 0 Å². The van der Waals surface area contributed by atoms with Gasteiger partial charge in [0.25, 0.3) is 0 Å². The fraction of sp³-hybridized carbons (Fsp3) is 0. The lowest BCUT2D eigenvalue weighted by Crippen LogP contribution is -1.85. The summed E-state index contributed by atoms with van der Waals surface area (Å²) in [7, 11) is 0. The van der Waals surface area contributed by atoms with Crippen molar-refractivity contribution >= 4 is 29.6 Å². The summed E-state index contributed by atoms with van der Waals surface area (Å²) < 4.78 is 4.65. The lowest BCUT2D eigenvalue weighted by atomic mass is 10.1. The topological polar surface area (TPSA) is 66.6 Å². The lowest BCUT2D eigenvalue weighted by molar-refractivity contribution is 0.112. The van der Waals surface area contributed by atoms with Crippen molar-refractivity contribution in [1.29, 1.82) is 5.26 Å². The molecule has 1 aromatic carbocycles. The number of aldehydes is 1. The van der Waals surface area contributed by atoms with Crippen LogP contribution < -0.4 is 0 Å². The molecule has 0 N–H and O–H groups in total. The zero-order valence-corrected chi connectivity index (χ0v) is 9.59. The van der Waals surface area contributed by atoms with Gasteiger partial charge in [-0.25, -0.2) is 4.98 Å². The molecule has 0 spiro atoms. The first-order chi connectivity index (χ1) is 7.83. The SMILES string of the molecule is N#Cc1cc(C=O)ccc1Sc1ncns1. The van der Waals surface area contributed by atoms with Gasteiger partial charge in [-0.05, 0) is 23.7 Å². The first-order valence-electron chi connectivity index (χ1n) is 4.27. The number of hydrogen-bond donors (Lipinski definition) is 0. The van der Waals surface area contributed by atoms with E-state index in [2.05, 4.69) is 15.4 Å². The molecule has 0 aliphatic heterocycles. The summed E-state index contributed by atoms with van der Waals surface area (Å²) in [5, 5.41) is 8.96. The predicted octanol–water partition coefficient (Wildman–Crippen LogP) is 2.37. The Morgan fingerprint density at radius 1 is 1.50 bits per heavy atom. The zero-order valence-electron chi connectivity index (χ0n) is 7.95. The summed E-state index contributed by atoms with van der Waals surface area (Å²) in [6, 6.07) is 7.05. The van der Waals surface area contributed by atoms with E-state index in [1.54, 1.807) is 18.2 Å². The van der Waals surface area contributed by atoms with E-state index in [1.165, 1.54) is 29.6 Å². The van der Waals surface area contributed by atoms with E-state index in [-0.39, 0.29) is 0 Å². The molecule has 1 heterocycles. The van der Waals surface area contributed by atoms with Gasteiger partial charge in [0.05, 0.1) is 5.56 Å². The Kier molecular flexibility index (Phi) is 3.29. The van der Waals surface area contributed by atoms with Crippen molar-refractivity contribution in [2.75, 3.05) is 0 Å². The molecule has 78 valence electrons. The number of nitrogens with zero attached hydrogens (tertiary/aromatic N) is 3. The Balaban J connectivity index is 2.34. The lowest BCUT2D eigenvalue weighted by Gasteiger charge is -2.00. The van der Waals surface area contributed by atoms with Crippen LogP contribution in [0, 0.1) is 11.3 Å². The molecule has 0 aliphatic carbocycles. The van der Waals surface area contributed by atoms with Crippen molar-refractivity contribution in [3.63, 3.8) is 0 Å². The van der Waals surface area contributed by atoms with Crippen LogP contribution in [0.3, 0.4) is 0 Å². The maximum absolute atomic E-state index is 10.6. The third kappa shape index (κ3) is 2.27. The average Bonchev–Trinajstić information content (AvgIpc) is 2.82. The summed E-state index contributed by atoms with van der Waals surface area (Å²) in [5.74, 6) is 0. The van der Waals surface area contributed by atoms with Crippen LogP contribution >= 0.6 is 23.3 Å². The molecule has 0 saturated carbocycles. The molecule has 0 atom stereocenters. The average molecular weight is 247 g/mol. The van der Waals surface area contributed by atoms with Gasteiger partial charge in [0.2, 0.25) is 0 Å². The number of carbonyl (C=O) groups is 1. The highest BCUT2D eigenvalue weighted by Crippen LogP contribution is 2.30. The smallest absolute Gasteiger partial charge is 0.174 e. The maximum atomic E-state index is 10.6. The highest BCUT2D eigenvalue weighted by Gasteiger charge is 2.07. The van der Waals surface area contributed by atoms with E-state index >= 15 is 0 Å². The minimum Gasteiger partial charge on any atom is -0.298 e. The molecule has 1 aromatic heterocycles.